The van der Waals surface area contributed by atoms with Gasteiger partial charge in [0.05, 0.1) is 7.11 Å². The van der Waals surface area contributed by atoms with E-state index >= 15 is 0 Å². The Morgan fingerprint density at radius 1 is 1.00 bits per heavy atom. The van der Waals surface area contributed by atoms with Crippen molar-refractivity contribution in [2.24, 2.45) is 0 Å². The molecule has 0 spiro atoms. The van der Waals surface area contributed by atoms with E-state index in [9.17, 15) is 9.59 Å². The molecule has 0 saturated carbocycles. The molecule has 0 bridgehead atoms. The SMILES string of the molecule is CC[C@@H](C)c1ccc(NC(=O)COC(=O)COc2ccccc2OC)cc1. The second-order valence-corrected chi connectivity index (χ2v) is 6.08. The zero-order valence-electron chi connectivity index (χ0n) is 15.9. The van der Waals surface area contributed by atoms with E-state index < -0.39 is 11.9 Å². The van der Waals surface area contributed by atoms with Gasteiger partial charge in [-0.3, -0.25) is 4.79 Å². The Bertz CT molecular complexity index is 757. The molecule has 0 aliphatic carbocycles. The number of carbonyl (C=O) groups is 2. The van der Waals surface area contributed by atoms with Crippen molar-refractivity contribution < 1.29 is 23.8 Å². The summed E-state index contributed by atoms with van der Waals surface area (Å²) in [6.45, 7) is 3.60. The van der Waals surface area contributed by atoms with E-state index in [4.69, 9.17) is 14.2 Å². The Morgan fingerprint density at radius 3 is 2.30 bits per heavy atom. The van der Waals surface area contributed by atoms with E-state index in [1.807, 2.05) is 24.3 Å². The highest BCUT2D eigenvalue weighted by molar-refractivity contribution is 5.92. The van der Waals surface area contributed by atoms with Crippen LogP contribution in [0.3, 0.4) is 0 Å². The van der Waals surface area contributed by atoms with Gasteiger partial charge in [0.1, 0.15) is 0 Å². The van der Waals surface area contributed by atoms with Gasteiger partial charge in [-0.1, -0.05) is 38.1 Å². The lowest BCUT2D eigenvalue weighted by atomic mass is 9.99. The van der Waals surface area contributed by atoms with Crippen molar-refractivity contribution in [2.75, 3.05) is 25.6 Å². The second kappa shape index (κ2) is 10.2. The highest BCUT2D eigenvalue weighted by Gasteiger charge is 2.11. The maximum absolute atomic E-state index is 11.9. The van der Waals surface area contributed by atoms with Crippen LogP contribution in [-0.2, 0) is 14.3 Å². The molecule has 2 aromatic carbocycles. The standard InChI is InChI=1S/C21H25NO5/c1-4-15(2)16-9-11-17(12-10-16)22-20(23)13-27-21(24)14-26-19-8-6-5-7-18(19)25-3/h5-12,15H,4,13-14H2,1-3H3,(H,22,23)/t15-/m1/s1. The summed E-state index contributed by atoms with van der Waals surface area (Å²) >= 11 is 0. The Labute approximate surface area is 159 Å². The fourth-order valence-electron chi connectivity index (χ4n) is 2.39. The van der Waals surface area contributed by atoms with E-state index in [1.165, 1.54) is 12.7 Å². The van der Waals surface area contributed by atoms with E-state index in [1.54, 1.807) is 24.3 Å². The van der Waals surface area contributed by atoms with Crippen LogP contribution >= 0.6 is 0 Å². The Kier molecular flexibility index (Phi) is 7.67. The summed E-state index contributed by atoms with van der Waals surface area (Å²) in [4.78, 5) is 23.7. The van der Waals surface area contributed by atoms with Crippen LogP contribution in [0.15, 0.2) is 48.5 Å². The number of carbonyl (C=O) groups excluding carboxylic acids is 2. The van der Waals surface area contributed by atoms with E-state index in [-0.39, 0.29) is 13.2 Å². The van der Waals surface area contributed by atoms with Gasteiger partial charge in [0.25, 0.3) is 5.91 Å². The molecule has 6 nitrogen and oxygen atoms in total. The zero-order valence-corrected chi connectivity index (χ0v) is 15.9. The molecule has 1 atom stereocenters. The van der Waals surface area contributed by atoms with Crippen LogP contribution in [0, 0.1) is 0 Å². The topological polar surface area (TPSA) is 73.9 Å². The molecule has 1 amide bonds. The van der Waals surface area contributed by atoms with Gasteiger partial charge in [0, 0.05) is 5.69 Å². The third kappa shape index (κ3) is 6.33. The van der Waals surface area contributed by atoms with Crippen molar-refractivity contribution in [2.45, 2.75) is 26.2 Å². The number of anilines is 1. The van der Waals surface area contributed by atoms with Crippen molar-refractivity contribution in [3.63, 3.8) is 0 Å². The van der Waals surface area contributed by atoms with Gasteiger partial charge >= 0.3 is 5.97 Å². The van der Waals surface area contributed by atoms with E-state index in [0.717, 1.165) is 6.42 Å². The van der Waals surface area contributed by atoms with Crippen molar-refractivity contribution in [3.8, 4) is 11.5 Å². The zero-order chi connectivity index (χ0) is 19.6. The number of benzene rings is 2. The average molecular weight is 371 g/mol. The van der Waals surface area contributed by atoms with Crippen molar-refractivity contribution >= 4 is 17.6 Å². The van der Waals surface area contributed by atoms with E-state index in [0.29, 0.717) is 23.1 Å². The van der Waals surface area contributed by atoms with Gasteiger partial charge < -0.3 is 19.5 Å². The highest BCUT2D eigenvalue weighted by atomic mass is 16.6. The lowest BCUT2D eigenvalue weighted by Gasteiger charge is -2.11. The smallest absolute Gasteiger partial charge is 0.344 e. The summed E-state index contributed by atoms with van der Waals surface area (Å²) in [5.41, 5.74) is 1.88. The molecule has 144 valence electrons. The average Bonchev–Trinajstić information content (AvgIpc) is 2.70. The Hall–Kier alpha value is -3.02. The number of ether oxygens (including phenoxy) is 3. The second-order valence-electron chi connectivity index (χ2n) is 6.08. The maximum atomic E-state index is 11.9. The minimum Gasteiger partial charge on any atom is -0.493 e. The summed E-state index contributed by atoms with van der Waals surface area (Å²) in [6, 6.07) is 14.6. The quantitative estimate of drug-likeness (QED) is 0.679. The molecular formula is C21H25NO5. The van der Waals surface area contributed by atoms with Crippen LogP contribution in [0.5, 0.6) is 11.5 Å². The normalized spacial score (nSPS) is 11.4. The highest BCUT2D eigenvalue weighted by Crippen LogP contribution is 2.25. The third-order valence-electron chi connectivity index (χ3n) is 4.15. The predicted molar refractivity (Wildman–Crippen MR) is 103 cm³/mol. The van der Waals surface area contributed by atoms with Gasteiger partial charge in [0.15, 0.2) is 24.7 Å². The number of hydrogen-bond donors (Lipinski definition) is 1. The lowest BCUT2D eigenvalue weighted by Crippen LogP contribution is -2.23. The number of para-hydroxylation sites is 2. The molecule has 0 heterocycles. The summed E-state index contributed by atoms with van der Waals surface area (Å²) in [5.74, 6) is 0.380. The summed E-state index contributed by atoms with van der Waals surface area (Å²) in [7, 11) is 1.51. The Morgan fingerprint density at radius 2 is 1.67 bits per heavy atom. The minimum atomic E-state index is -0.636. The summed E-state index contributed by atoms with van der Waals surface area (Å²) in [5, 5.41) is 2.70. The first-order chi connectivity index (χ1) is 13.0. The number of methoxy groups -OCH3 is 1. The monoisotopic (exact) mass is 371 g/mol. The van der Waals surface area contributed by atoms with Gasteiger partial charge in [-0.2, -0.15) is 0 Å². The van der Waals surface area contributed by atoms with Crippen molar-refractivity contribution in [3.05, 3.63) is 54.1 Å². The molecule has 0 aliphatic heterocycles. The van der Waals surface area contributed by atoms with Crippen LogP contribution in [0.25, 0.3) is 0 Å². The van der Waals surface area contributed by atoms with E-state index in [2.05, 4.69) is 19.2 Å². The van der Waals surface area contributed by atoms with Crippen LogP contribution < -0.4 is 14.8 Å². The molecular weight excluding hydrogens is 346 g/mol. The van der Waals surface area contributed by atoms with Crippen LogP contribution in [0.2, 0.25) is 0 Å². The summed E-state index contributed by atoms with van der Waals surface area (Å²) < 4.78 is 15.4. The number of esters is 1. The maximum Gasteiger partial charge on any atom is 0.344 e. The fourth-order valence-corrected chi connectivity index (χ4v) is 2.39. The molecule has 0 saturated heterocycles. The number of hydrogen-bond acceptors (Lipinski definition) is 5. The fraction of sp³-hybridized carbons (Fsp3) is 0.333. The molecule has 27 heavy (non-hydrogen) atoms. The molecule has 0 fully saturated rings. The van der Waals surface area contributed by atoms with Gasteiger partial charge in [-0.15, -0.1) is 0 Å². The summed E-state index contributed by atoms with van der Waals surface area (Å²) in [6.07, 6.45) is 1.05. The molecule has 2 aromatic rings. The number of rotatable bonds is 9. The minimum absolute atomic E-state index is 0.308. The first-order valence-electron chi connectivity index (χ1n) is 8.84. The van der Waals surface area contributed by atoms with Gasteiger partial charge in [0.2, 0.25) is 0 Å². The molecule has 6 heteroatoms. The third-order valence-corrected chi connectivity index (χ3v) is 4.15. The first-order valence-corrected chi connectivity index (χ1v) is 8.84. The van der Waals surface area contributed by atoms with Crippen LogP contribution in [0.1, 0.15) is 31.7 Å². The van der Waals surface area contributed by atoms with Crippen LogP contribution in [0.4, 0.5) is 5.69 Å². The Balaban J connectivity index is 1.75. The molecule has 1 N–H and O–H groups in total. The number of amides is 1. The molecule has 0 aromatic heterocycles. The van der Waals surface area contributed by atoms with Crippen LogP contribution in [-0.4, -0.2) is 32.2 Å². The van der Waals surface area contributed by atoms with Crippen molar-refractivity contribution in [1.29, 1.82) is 0 Å². The van der Waals surface area contributed by atoms with Crippen molar-refractivity contribution in [1.82, 2.24) is 0 Å². The molecule has 0 unspecified atom stereocenters. The largest absolute Gasteiger partial charge is 0.493 e. The molecule has 2 rings (SSSR count). The first kappa shape index (κ1) is 20.3. The number of nitrogens with one attached hydrogen (secondary N) is 1. The molecule has 0 aliphatic rings. The van der Waals surface area contributed by atoms with Gasteiger partial charge in [-0.05, 0) is 42.2 Å². The molecule has 0 radical (unpaired) electrons. The lowest BCUT2D eigenvalue weighted by molar-refractivity contribution is -0.149. The van der Waals surface area contributed by atoms with Gasteiger partial charge in [-0.25, -0.2) is 4.79 Å². The predicted octanol–water partition coefficient (Wildman–Crippen LogP) is 3.77.